The van der Waals surface area contributed by atoms with Crippen molar-refractivity contribution < 1.29 is 29.1 Å². The molecule has 2 aromatic carbocycles. The molecule has 12 heteroatoms. The number of benzene rings is 2. The van der Waals surface area contributed by atoms with E-state index in [0.29, 0.717) is 12.2 Å². The number of fused-ring (bicyclic) bond motifs is 1. The van der Waals surface area contributed by atoms with Gasteiger partial charge in [0, 0.05) is 29.9 Å². The van der Waals surface area contributed by atoms with Crippen molar-refractivity contribution in [2.24, 2.45) is 5.73 Å². The summed E-state index contributed by atoms with van der Waals surface area (Å²) in [5.41, 5.74) is 8.15. The van der Waals surface area contributed by atoms with E-state index in [1.165, 1.54) is 11.8 Å². The first-order valence-electron chi connectivity index (χ1n) is 13.2. The van der Waals surface area contributed by atoms with Crippen molar-refractivity contribution >= 4 is 52.3 Å². The molecule has 3 rings (SSSR count). The third-order valence-electron chi connectivity index (χ3n) is 6.51. The number of carbonyl (C=O) groups is 5. The third kappa shape index (κ3) is 9.67. The van der Waals surface area contributed by atoms with Gasteiger partial charge in [0.25, 0.3) is 0 Å². The summed E-state index contributed by atoms with van der Waals surface area (Å²) in [7, 11) is 0. The molecule has 3 atom stereocenters. The van der Waals surface area contributed by atoms with Gasteiger partial charge in [0.1, 0.15) is 18.1 Å². The first kappa shape index (κ1) is 31.2. The summed E-state index contributed by atoms with van der Waals surface area (Å²) in [6.45, 7) is 0. The molecule has 1 heterocycles. The maximum Gasteiger partial charge on any atom is 0.305 e. The van der Waals surface area contributed by atoms with Gasteiger partial charge in [0.15, 0.2) is 0 Å². The summed E-state index contributed by atoms with van der Waals surface area (Å²) in [4.78, 5) is 65.7. The molecular formula is C29H35N5O6S. The van der Waals surface area contributed by atoms with E-state index in [2.05, 4.69) is 20.9 Å². The van der Waals surface area contributed by atoms with Gasteiger partial charge in [0.05, 0.1) is 6.42 Å². The van der Waals surface area contributed by atoms with Crippen LogP contribution < -0.4 is 21.7 Å². The summed E-state index contributed by atoms with van der Waals surface area (Å²) >= 11 is 1.48. The van der Waals surface area contributed by atoms with E-state index in [9.17, 15) is 29.1 Å². The van der Waals surface area contributed by atoms with Gasteiger partial charge in [0.2, 0.25) is 23.6 Å². The molecule has 218 valence electrons. The predicted molar refractivity (Wildman–Crippen MR) is 157 cm³/mol. The van der Waals surface area contributed by atoms with Crippen LogP contribution in [0.25, 0.3) is 10.9 Å². The Hall–Kier alpha value is -4.32. The average Bonchev–Trinajstić information content (AvgIpc) is 3.36. The Kier molecular flexibility index (Phi) is 11.8. The minimum absolute atomic E-state index is 0.0957. The Morgan fingerprint density at radius 1 is 0.902 bits per heavy atom. The van der Waals surface area contributed by atoms with Crippen molar-refractivity contribution in [3.63, 3.8) is 0 Å². The van der Waals surface area contributed by atoms with Crippen LogP contribution in [0, 0.1) is 0 Å². The van der Waals surface area contributed by atoms with Gasteiger partial charge in [-0.25, -0.2) is 0 Å². The summed E-state index contributed by atoms with van der Waals surface area (Å²) in [5.74, 6) is -3.51. The van der Waals surface area contributed by atoms with Crippen LogP contribution in [0.2, 0.25) is 0 Å². The van der Waals surface area contributed by atoms with E-state index in [-0.39, 0.29) is 25.2 Å². The van der Waals surface area contributed by atoms with Gasteiger partial charge in [-0.15, -0.1) is 0 Å². The van der Waals surface area contributed by atoms with Crippen LogP contribution in [0.15, 0.2) is 60.8 Å². The van der Waals surface area contributed by atoms with Crippen LogP contribution >= 0.6 is 11.8 Å². The number of para-hydroxylation sites is 1. The van der Waals surface area contributed by atoms with E-state index in [0.717, 1.165) is 22.0 Å². The van der Waals surface area contributed by atoms with Crippen LogP contribution in [0.5, 0.6) is 0 Å². The first-order chi connectivity index (χ1) is 19.7. The van der Waals surface area contributed by atoms with Crippen molar-refractivity contribution in [2.45, 2.75) is 50.2 Å². The molecule has 3 aromatic rings. The van der Waals surface area contributed by atoms with Crippen molar-refractivity contribution in [1.29, 1.82) is 0 Å². The fourth-order valence-corrected chi connectivity index (χ4v) is 4.83. The quantitative estimate of drug-likeness (QED) is 0.148. The van der Waals surface area contributed by atoms with Gasteiger partial charge in [-0.2, -0.15) is 11.8 Å². The van der Waals surface area contributed by atoms with Crippen LogP contribution in [0.1, 0.15) is 30.4 Å². The number of aromatic amines is 1. The normalized spacial score (nSPS) is 13.1. The number of carbonyl (C=O) groups excluding carboxylic acids is 4. The van der Waals surface area contributed by atoms with Gasteiger partial charge < -0.3 is 31.8 Å². The van der Waals surface area contributed by atoms with E-state index in [4.69, 9.17) is 5.73 Å². The Balaban J connectivity index is 1.65. The van der Waals surface area contributed by atoms with Crippen LogP contribution in [0.3, 0.4) is 0 Å². The number of amides is 4. The number of hydrogen-bond donors (Lipinski definition) is 6. The molecule has 0 saturated carbocycles. The number of H-pyrrole nitrogens is 1. The highest BCUT2D eigenvalue weighted by atomic mass is 32.2. The third-order valence-corrected chi connectivity index (χ3v) is 7.16. The lowest BCUT2D eigenvalue weighted by Crippen LogP contribution is -2.57. The van der Waals surface area contributed by atoms with Crippen LogP contribution in [-0.4, -0.2) is 69.8 Å². The zero-order valence-electron chi connectivity index (χ0n) is 22.7. The lowest BCUT2D eigenvalue weighted by molar-refractivity contribution is -0.141. The van der Waals surface area contributed by atoms with Gasteiger partial charge in [-0.1, -0.05) is 48.5 Å². The molecule has 4 amide bonds. The highest BCUT2D eigenvalue weighted by Crippen LogP contribution is 2.19. The van der Waals surface area contributed by atoms with Gasteiger partial charge in [-0.05, 0) is 42.0 Å². The number of hydrogen-bond acceptors (Lipinski definition) is 6. The molecular weight excluding hydrogens is 546 g/mol. The standard InChI is InChI=1S/C29H35N5O6S/c1-41-14-13-22(32-25(35)12-11-19-17-31-21-10-6-5-9-20(19)21)28(39)34-24(16-26(36)37)29(40)33-23(27(30)38)15-18-7-3-2-4-8-18/h2-10,17,22-24,31H,11-16H2,1H3,(H2,30,38)(H,32,35)(H,33,40)(H,34,39)(H,36,37)/t22-,23-,24-/m0/s1. The van der Waals surface area contributed by atoms with Crippen molar-refractivity contribution in [1.82, 2.24) is 20.9 Å². The number of carboxylic acids is 1. The molecule has 0 radical (unpaired) electrons. The van der Waals surface area contributed by atoms with E-state index < -0.39 is 48.2 Å². The number of carboxylic acid groups (broad SMARTS) is 1. The topological polar surface area (TPSA) is 183 Å². The second-order valence-corrected chi connectivity index (χ2v) is 10.6. The molecule has 0 bridgehead atoms. The van der Waals surface area contributed by atoms with Gasteiger partial charge >= 0.3 is 5.97 Å². The average molecular weight is 582 g/mol. The zero-order valence-corrected chi connectivity index (χ0v) is 23.5. The number of primary amides is 1. The summed E-state index contributed by atoms with van der Waals surface area (Å²) in [6, 6.07) is 13.0. The lowest BCUT2D eigenvalue weighted by atomic mass is 10.0. The van der Waals surface area contributed by atoms with E-state index >= 15 is 0 Å². The number of aryl methyl sites for hydroxylation is 1. The Labute approximate surface area is 242 Å². The van der Waals surface area contributed by atoms with E-state index in [1.807, 2.05) is 36.7 Å². The summed E-state index contributed by atoms with van der Waals surface area (Å²) in [5, 5.41) is 18.0. The maximum absolute atomic E-state index is 13.2. The Morgan fingerprint density at radius 3 is 2.24 bits per heavy atom. The highest BCUT2D eigenvalue weighted by Gasteiger charge is 2.30. The molecule has 0 aliphatic heterocycles. The molecule has 0 fully saturated rings. The van der Waals surface area contributed by atoms with Crippen molar-refractivity contribution in [3.8, 4) is 0 Å². The molecule has 41 heavy (non-hydrogen) atoms. The second kappa shape index (κ2) is 15.5. The van der Waals surface area contributed by atoms with E-state index in [1.54, 1.807) is 30.3 Å². The monoisotopic (exact) mass is 581 g/mol. The first-order valence-corrected chi connectivity index (χ1v) is 14.6. The number of nitrogens with one attached hydrogen (secondary N) is 4. The maximum atomic E-state index is 13.2. The molecule has 0 aliphatic carbocycles. The number of rotatable bonds is 16. The fraction of sp³-hybridized carbons (Fsp3) is 0.345. The smallest absolute Gasteiger partial charge is 0.305 e. The Bertz CT molecular complexity index is 1360. The number of aliphatic carboxylic acids is 1. The molecule has 0 saturated heterocycles. The number of nitrogens with two attached hydrogens (primary N) is 1. The number of aromatic nitrogens is 1. The minimum atomic E-state index is -1.49. The van der Waals surface area contributed by atoms with Crippen LogP contribution in [-0.2, 0) is 36.8 Å². The summed E-state index contributed by atoms with van der Waals surface area (Å²) in [6.07, 6.45) is 3.92. The fourth-order valence-electron chi connectivity index (χ4n) is 4.36. The van der Waals surface area contributed by atoms with Crippen molar-refractivity contribution in [2.75, 3.05) is 12.0 Å². The predicted octanol–water partition coefficient (Wildman–Crippen LogP) is 1.51. The Morgan fingerprint density at radius 2 is 1.56 bits per heavy atom. The lowest BCUT2D eigenvalue weighted by Gasteiger charge is -2.24. The molecule has 1 aromatic heterocycles. The van der Waals surface area contributed by atoms with Crippen molar-refractivity contribution in [3.05, 3.63) is 71.9 Å². The molecule has 0 aliphatic rings. The number of thioether (sulfide) groups is 1. The largest absolute Gasteiger partial charge is 0.481 e. The molecule has 11 nitrogen and oxygen atoms in total. The molecule has 7 N–H and O–H groups in total. The zero-order chi connectivity index (χ0) is 29.8. The van der Waals surface area contributed by atoms with Crippen LogP contribution in [0.4, 0.5) is 0 Å². The minimum Gasteiger partial charge on any atom is -0.481 e. The molecule has 0 spiro atoms. The van der Waals surface area contributed by atoms with Gasteiger partial charge in [-0.3, -0.25) is 24.0 Å². The second-order valence-electron chi connectivity index (χ2n) is 9.57. The highest BCUT2D eigenvalue weighted by molar-refractivity contribution is 7.98. The SMILES string of the molecule is CSCC[C@H](NC(=O)CCc1c[nH]c2ccccc12)C(=O)N[C@@H](CC(=O)O)C(=O)N[C@@H](Cc1ccccc1)C(N)=O. The molecule has 0 unspecified atom stereocenters. The summed E-state index contributed by atoms with van der Waals surface area (Å²) < 4.78 is 0.